The molecule has 0 aliphatic rings. The van der Waals surface area contributed by atoms with Gasteiger partial charge in [-0.1, -0.05) is 45.0 Å². The summed E-state index contributed by atoms with van der Waals surface area (Å²) in [5.74, 6) is 0. The van der Waals surface area contributed by atoms with Crippen molar-refractivity contribution in [3.63, 3.8) is 0 Å². The van der Waals surface area contributed by atoms with Crippen LogP contribution in [0, 0.1) is 13.2 Å². The molecule has 0 atom stereocenters. The fourth-order valence-electron chi connectivity index (χ4n) is 0.642. The predicted molar refractivity (Wildman–Crippen MR) is 44.8 cm³/mol. The van der Waals surface area contributed by atoms with Gasteiger partial charge in [0, 0.05) is 0 Å². The third-order valence-corrected chi connectivity index (χ3v) is 3.80. The Morgan fingerprint density at radius 1 is 1.11 bits per heavy atom. The lowest BCUT2D eigenvalue weighted by atomic mass is 10.4. The van der Waals surface area contributed by atoms with Crippen molar-refractivity contribution >= 4 is 8.07 Å². The first-order valence-electron chi connectivity index (χ1n) is 3.12. The summed E-state index contributed by atoms with van der Waals surface area (Å²) >= 11 is 0. The molecule has 9 heavy (non-hydrogen) atoms. The van der Waals surface area contributed by atoms with E-state index in [1.807, 2.05) is 0 Å². The largest absolute Gasteiger partial charge is 0.0804 e. The third-order valence-electron chi connectivity index (χ3n) is 1.41. The molecule has 0 aliphatic heterocycles. The maximum atomic E-state index is 5.37. The lowest BCUT2D eigenvalue weighted by Crippen LogP contribution is -2.25. The Labute approximate surface area is 59.3 Å². The highest BCUT2D eigenvalue weighted by molar-refractivity contribution is 6.78. The van der Waals surface area contributed by atoms with E-state index in [0.717, 1.165) is 0 Å². The molecular weight excluding hydrogens is 124 g/mol. The molecule has 0 amide bonds. The first-order chi connectivity index (χ1) is 4.02. The molecule has 1 heteroatoms. The van der Waals surface area contributed by atoms with E-state index >= 15 is 0 Å². The van der Waals surface area contributed by atoms with Crippen molar-refractivity contribution in [2.45, 2.75) is 25.2 Å². The van der Waals surface area contributed by atoms with Crippen molar-refractivity contribution in [1.82, 2.24) is 0 Å². The van der Waals surface area contributed by atoms with E-state index < -0.39 is 8.07 Å². The lowest BCUT2D eigenvalue weighted by molar-refractivity contribution is 1.27. The second kappa shape index (κ2) is 3.02. The Balaban J connectivity index is 4.11. The normalized spacial score (nSPS) is 14.6. The topological polar surface area (TPSA) is 0 Å². The minimum Gasteiger partial charge on any atom is -0.0804 e. The van der Waals surface area contributed by atoms with E-state index in [1.165, 1.54) is 0 Å². The van der Waals surface area contributed by atoms with Gasteiger partial charge in [-0.15, -0.1) is 0 Å². The van der Waals surface area contributed by atoms with Gasteiger partial charge < -0.3 is 0 Å². The summed E-state index contributed by atoms with van der Waals surface area (Å²) in [5, 5.41) is 0. The summed E-state index contributed by atoms with van der Waals surface area (Å²) in [6, 6.07) is 0. The zero-order valence-corrected chi connectivity index (χ0v) is 7.39. The number of hydrogen-bond donors (Lipinski definition) is 0. The van der Waals surface area contributed by atoms with Gasteiger partial charge in [0.1, 0.15) is 0 Å². The number of allylic oxidation sites excluding steroid dienone is 2. The van der Waals surface area contributed by atoms with Gasteiger partial charge in [-0.2, -0.15) is 0 Å². The third kappa shape index (κ3) is 2.66. The van der Waals surface area contributed by atoms with Crippen LogP contribution in [0.3, 0.4) is 0 Å². The van der Waals surface area contributed by atoms with E-state index in [2.05, 4.69) is 19.6 Å². The fraction of sp³-hybridized carbons (Fsp3) is 0.500. The fourth-order valence-corrected chi connectivity index (χ4v) is 1.80. The molecule has 0 aromatic rings. The summed E-state index contributed by atoms with van der Waals surface area (Å²) < 4.78 is 0. The number of hydrogen-bond acceptors (Lipinski definition) is 0. The number of rotatable bonds is 3. The zero-order valence-electron chi connectivity index (χ0n) is 6.39. The van der Waals surface area contributed by atoms with Gasteiger partial charge in [-0.25, -0.2) is 0 Å². The summed E-state index contributed by atoms with van der Waals surface area (Å²) in [5.41, 5.74) is 0.345. The van der Waals surface area contributed by atoms with Crippen LogP contribution in [0.5, 0.6) is 0 Å². The van der Waals surface area contributed by atoms with Gasteiger partial charge in [0.2, 0.25) is 0 Å². The predicted octanol–water partition coefficient (Wildman–Crippen LogP) is 2.67. The second-order valence-corrected chi connectivity index (χ2v) is 8.68. The molecule has 0 saturated carbocycles. The van der Waals surface area contributed by atoms with Crippen molar-refractivity contribution in [3.8, 4) is 0 Å². The SMILES string of the molecule is [CH]=CC(C=[CH])[Si](C)(C)C. The molecule has 0 aliphatic carbocycles. The molecule has 0 fully saturated rings. The molecular formula is C8H14Si. The minimum absolute atomic E-state index is 0.345. The van der Waals surface area contributed by atoms with Gasteiger partial charge in [-0.05, 0) is 5.54 Å². The van der Waals surface area contributed by atoms with Crippen molar-refractivity contribution in [2.24, 2.45) is 0 Å². The highest BCUT2D eigenvalue weighted by Gasteiger charge is 2.20. The Bertz CT molecular complexity index is 100. The molecule has 0 rings (SSSR count). The summed E-state index contributed by atoms with van der Waals surface area (Å²) in [4.78, 5) is 0. The highest BCUT2D eigenvalue weighted by atomic mass is 28.3. The van der Waals surface area contributed by atoms with Crippen molar-refractivity contribution in [3.05, 3.63) is 25.3 Å². The van der Waals surface area contributed by atoms with Crippen LogP contribution in [0.1, 0.15) is 0 Å². The summed E-state index contributed by atoms with van der Waals surface area (Å²) in [6.07, 6.45) is 3.37. The molecule has 0 heterocycles. The Morgan fingerprint density at radius 3 is 1.44 bits per heavy atom. The van der Waals surface area contributed by atoms with Crippen LogP contribution in [-0.2, 0) is 0 Å². The zero-order chi connectivity index (χ0) is 7.49. The quantitative estimate of drug-likeness (QED) is 0.526. The molecule has 0 unspecified atom stereocenters. The van der Waals surface area contributed by atoms with Gasteiger partial charge >= 0.3 is 0 Å². The molecule has 0 aromatic heterocycles. The lowest BCUT2D eigenvalue weighted by Gasteiger charge is -2.21. The summed E-state index contributed by atoms with van der Waals surface area (Å²) in [6.45, 7) is 17.5. The standard InChI is InChI=1S/C8H14Si/c1-6-8(7-2)9(3,4)5/h1-2,6-8H,3-5H3. The molecule has 0 spiro atoms. The van der Waals surface area contributed by atoms with Crippen LogP contribution in [-0.4, -0.2) is 8.07 Å². The van der Waals surface area contributed by atoms with E-state index in [9.17, 15) is 0 Å². The maximum Gasteiger partial charge on any atom is 0.0558 e. The molecule has 0 N–H and O–H groups in total. The molecule has 2 radical (unpaired) electrons. The van der Waals surface area contributed by atoms with Crippen molar-refractivity contribution < 1.29 is 0 Å². The van der Waals surface area contributed by atoms with E-state index in [1.54, 1.807) is 12.2 Å². The average molecular weight is 138 g/mol. The van der Waals surface area contributed by atoms with Crippen molar-refractivity contribution in [1.29, 1.82) is 0 Å². The first kappa shape index (κ1) is 8.70. The molecule has 0 bridgehead atoms. The van der Waals surface area contributed by atoms with Crippen LogP contribution in [0.25, 0.3) is 0 Å². The van der Waals surface area contributed by atoms with E-state index in [0.29, 0.717) is 5.54 Å². The van der Waals surface area contributed by atoms with Gasteiger partial charge in [0.25, 0.3) is 0 Å². The van der Waals surface area contributed by atoms with Gasteiger partial charge in [0.05, 0.1) is 8.07 Å². The van der Waals surface area contributed by atoms with E-state index in [-0.39, 0.29) is 0 Å². The van der Waals surface area contributed by atoms with Crippen molar-refractivity contribution in [2.75, 3.05) is 0 Å². The minimum atomic E-state index is -1.15. The molecule has 0 aromatic carbocycles. The van der Waals surface area contributed by atoms with Crippen LogP contribution < -0.4 is 0 Å². The van der Waals surface area contributed by atoms with Gasteiger partial charge in [-0.3, -0.25) is 0 Å². The van der Waals surface area contributed by atoms with E-state index in [4.69, 9.17) is 13.2 Å². The molecule has 0 nitrogen and oxygen atoms in total. The smallest absolute Gasteiger partial charge is 0.0558 e. The average Bonchev–Trinajstić information content (AvgIpc) is 1.65. The molecule has 50 valence electrons. The maximum absolute atomic E-state index is 5.37. The Morgan fingerprint density at radius 2 is 1.44 bits per heavy atom. The second-order valence-electron chi connectivity index (χ2n) is 3.28. The molecule has 0 saturated heterocycles. The Kier molecular flexibility index (Phi) is 2.92. The Hall–Kier alpha value is -0.303. The van der Waals surface area contributed by atoms with Crippen LogP contribution >= 0.6 is 0 Å². The first-order valence-corrected chi connectivity index (χ1v) is 6.70. The van der Waals surface area contributed by atoms with Crippen LogP contribution in [0.4, 0.5) is 0 Å². The summed E-state index contributed by atoms with van der Waals surface area (Å²) in [7, 11) is -1.15. The van der Waals surface area contributed by atoms with Crippen LogP contribution in [0.15, 0.2) is 12.2 Å². The van der Waals surface area contributed by atoms with Crippen LogP contribution in [0.2, 0.25) is 25.2 Å². The monoisotopic (exact) mass is 138 g/mol. The van der Waals surface area contributed by atoms with Gasteiger partial charge in [0.15, 0.2) is 0 Å². The highest BCUT2D eigenvalue weighted by Crippen LogP contribution is 2.22.